The van der Waals surface area contributed by atoms with Gasteiger partial charge in [-0.15, -0.1) is 0 Å². The van der Waals surface area contributed by atoms with E-state index in [0.717, 1.165) is 24.2 Å². The van der Waals surface area contributed by atoms with Gasteiger partial charge < -0.3 is 29.5 Å². The standard InChI is InChI=1S/C33H40F3N5O4S/c1-21-18-44-11-9-28(21)41(30(46)37-2)26-13-25-17-40(31(43)45-19-22-6-4-3-5-7-22)20-32(25,14-26)29(42)39-10-8-27-23(16-39)12-24(15-38-27)33(34,35)36/h3-7,12,15,21,25-26,28H,8-11,13-14,16-20H2,1-2H3,(H,37,46)/t21?,25-,26+,28?,32-/m0/s1. The molecular weight excluding hydrogens is 619 g/mol. The summed E-state index contributed by atoms with van der Waals surface area (Å²) in [7, 11) is 1.80. The molecule has 2 unspecified atom stereocenters. The van der Waals surface area contributed by atoms with Crippen LogP contribution in [0.15, 0.2) is 42.6 Å². The number of nitrogens with one attached hydrogen (secondary N) is 1. The van der Waals surface area contributed by atoms with Crippen molar-refractivity contribution >= 4 is 29.3 Å². The maximum atomic E-state index is 14.7. The largest absolute Gasteiger partial charge is 0.445 e. The number of hydrogen-bond donors (Lipinski definition) is 1. The third kappa shape index (κ3) is 6.27. The Balaban J connectivity index is 1.27. The van der Waals surface area contributed by atoms with E-state index in [4.69, 9.17) is 21.7 Å². The Hall–Kier alpha value is -3.45. The van der Waals surface area contributed by atoms with E-state index in [9.17, 15) is 22.8 Å². The van der Waals surface area contributed by atoms with Crippen LogP contribution in [0.2, 0.25) is 0 Å². The molecule has 13 heteroatoms. The molecule has 4 aliphatic rings. The van der Waals surface area contributed by atoms with Gasteiger partial charge in [0.2, 0.25) is 5.91 Å². The molecule has 4 heterocycles. The smallest absolute Gasteiger partial charge is 0.417 e. The Labute approximate surface area is 272 Å². The van der Waals surface area contributed by atoms with Gasteiger partial charge in [0, 0.05) is 70.2 Å². The summed E-state index contributed by atoms with van der Waals surface area (Å²) in [5.41, 5.74) is 0.0863. The van der Waals surface area contributed by atoms with Crippen LogP contribution < -0.4 is 5.32 Å². The number of thiocarbonyl (C=S) groups is 1. The monoisotopic (exact) mass is 659 g/mol. The van der Waals surface area contributed by atoms with E-state index in [1.807, 2.05) is 30.3 Å². The van der Waals surface area contributed by atoms with Crippen LogP contribution in [0.5, 0.6) is 0 Å². The van der Waals surface area contributed by atoms with Crippen LogP contribution in [0.25, 0.3) is 0 Å². The Kier molecular flexibility index (Phi) is 9.17. The average Bonchev–Trinajstić information content (AvgIpc) is 3.59. The second-order valence-corrected chi connectivity index (χ2v) is 13.4. The number of pyridine rings is 1. The Morgan fingerprint density at radius 1 is 1.24 bits per heavy atom. The molecule has 3 fully saturated rings. The highest BCUT2D eigenvalue weighted by molar-refractivity contribution is 7.80. The lowest BCUT2D eigenvalue weighted by Gasteiger charge is -2.44. The molecule has 9 nitrogen and oxygen atoms in total. The lowest BCUT2D eigenvalue weighted by atomic mass is 9.78. The number of benzene rings is 1. The maximum absolute atomic E-state index is 14.7. The molecule has 1 N–H and O–H groups in total. The van der Waals surface area contributed by atoms with Crippen molar-refractivity contribution in [1.29, 1.82) is 0 Å². The predicted molar refractivity (Wildman–Crippen MR) is 167 cm³/mol. The van der Waals surface area contributed by atoms with Gasteiger partial charge in [0.05, 0.1) is 17.6 Å². The first kappa shape index (κ1) is 32.5. The number of rotatable bonds is 5. The third-order valence-electron chi connectivity index (χ3n) is 10.2. The van der Waals surface area contributed by atoms with Gasteiger partial charge in [0.1, 0.15) is 6.61 Å². The predicted octanol–water partition coefficient (Wildman–Crippen LogP) is 4.63. The summed E-state index contributed by atoms with van der Waals surface area (Å²) in [5, 5.41) is 3.77. The second kappa shape index (κ2) is 13.0. The number of halogens is 3. The number of aromatic nitrogens is 1. The summed E-state index contributed by atoms with van der Waals surface area (Å²) in [6.45, 7) is 4.42. The van der Waals surface area contributed by atoms with Crippen molar-refractivity contribution in [2.45, 2.75) is 64.0 Å². The lowest BCUT2D eigenvalue weighted by molar-refractivity contribution is -0.144. The zero-order valence-electron chi connectivity index (χ0n) is 26.1. The summed E-state index contributed by atoms with van der Waals surface area (Å²) < 4.78 is 52.0. The van der Waals surface area contributed by atoms with Gasteiger partial charge in [-0.3, -0.25) is 9.78 Å². The first-order valence-electron chi connectivity index (χ1n) is 15.9. The molecule has 2 aromatic rings. The quantitative estimate of drug-likeness (QED) is 0.466. The molecule has 0 spiro atoms. The molecule has 2 saturated heterocycles. The van der Waals surface area contributed by atoms with Crippen LogP contribution >= 0.6 is 12.2 Å². The van der Waals surface area contributed by atoms with Gasteiger partial charge >= 0.3 is 12.3 Å². The molecule has 1 aliphatic carbocycles. The van der Waals surface area contributed by atoms with Crippen LogP contribution in [0.3, 0.4) is 0 Å². The minimum Gasteiger partial charge on any atom is -0.445 e. The van der Waals surface area contributed by atoms with Crippen LogP contribution in [-0.4, -0.2) is 88.8 Å². The number of nitrogens with zero attached hydrogens (tertiary/aromatic N) is 4. The van der Waals surface area contributed by atoms with Crippen molar-refractivity contribution < 1.29 is 32.2 Å². The normalized spacial score (nSPS) is 27.5. The molecule has 1 aromatic carbocycles. The molecule has 3 aliphatic heterocycles. The highest BCUT2D eigenvalue weighted by Crippen LogP contribution is 2.52. The van der Waals surface area contributed by atoms with E-state index in [-0.39, 0.29) is 49.5 Å². The summed E-state index contributed by atoms with van der Waals surface area (Å²) in [6.07, 6.45) is -1.87. The zero-order chi connectivity index (χ0) is 32.6. The molecule has 248 valence electrons. The summed E-state index contributed by atoms with van der Waals surface area (Å²) in [5.74, 6) is -0.0880. The first-order valence-corrected chi connectivity index (χ1v) is 16.3. The minimum absolute atomic E-state index is 0.0400. The Bertz CT molecular complexity index is 1460. The number of ether oxygens (including phenoxy) is 2. The number of alkyl halides is 3. The van der Waals surface area contributed by atoms with Crippen molar-refractivity contribution in [1.82, 2.24) is 25.0 Å². The molecular formula is C33H40F3N5O4S. The van der Waals surface area contributed by atoms with Crippen LogP contribution in [-0.2, 0) is 40.0 Å². The van der Waals surface area contributed by atoms with Gasteiger partial charge in [-0.1, -0.05) is 37.3 Å². The molecule has 5 atom stereocenters. The number of carbonyl (C=O) groups excluding carboxylic acids is 2. The molecule has 46 heavy (non-hydrogen) atoms. The van der Waals surface area contributed by atoms with E-state index in [1.54, 1.807) is 16.8 Å². The molecule has 6 rings (SSSR count). The van der Waals surface area contributed by atoms with Gasteiger partial charge in [0.15, 0.2) is 5.11 Å². The Morgan fingerprint density at radius 2 is 2.02 bits per heavy atom. The van der Waals surface area contributed by atoms with Crippen molar-refractivity contribution in [3.63, 3.8) is 0 Å². The van der Waals surface area contributed by atoms with Crippen LogP contribution in [0.4, 0.5) is 18.0 Å². The molecule has 0 radical (unpaired) electrons. The molecule has 1 saturated carbocycles. The second-order valence-electron chi connectivity index (χ2n) is 13.0. The fourth-order valence-corrected chi connectivity index (χ4v) is 8.18. The number of amides is 2. The van der Waals surface area contributed by atoms with Gasteiger partial charge in [-0.25, -0.2) is 4.79 Å². The Morgan fingerprint density at radius 3 is 2.74 bits per heavy atom. The van der Waals surface area contributed by atoms with Crippen molar-refractivity contribution in [2.75, 3.05) is 39.9 Å². The number of fused-ring (bicyclic) bond motifs is 2. The number of carbonyl (C=O) groups is 2. The fourth-order valence-electron chi connectivity index (χ4n) is 7.90. The SMILES string of the molecule is CNC(=S)N(C1CCOCC1C)[C@@H]1C[C@H]2CN(C(=O)OCc3ccccc3)C[C@@]2(C(=O)N2CCc3ncc(C(F)(F)F)cc3C2)C1. The van der Waals surface area contributed by atoms with Crippen molar-refractivity contribution in [2.24, 2.45) is 17.3 Å². The molecule has 0 bridgehead atoms. The van der Waals surface area contributed by atoms with Gasteiger partial charge in [-0.05, 0) is 60.5 Å². The fraction of sp³-hybridized carbons (Fsp3) is 0.576. The van der Waals surface area contributed by atoms with E-state index >= 15 is 0 Å². The van der Waals surface area contributed by atoms with E-state index in [0.29, 0.717) is 61.9 Å². The zero-order valence-corrected chi connectivity index (χ0v) is 26.9. The number of likely N-dealkylation sites (tertiary alicyclic amines) is 1. The topological polar surface area (TPSA) is 87.2 Å². The summed E-state index contributed by atoms with van der Waals surface area (Å²) in [4.78, 5) is 37.7. The molecule has 1 aromatic heterocycles. The van der Waals surface area contributed by atoms with Gasteiger partial charge in [0.25, 0.3) is 0 Å². The minimum atomic E-state index is -4.53. The van der Waals surface area contributed by atoms with E-state index in [1.165, 1.54) is 0 Å². The van der Waals surface area contributed by atoms with Crippen LogP contribution in [0, 0.1) is 17.3 Å². The average molecular weight is 660 g/mol. The third-order valence-corrected chi connectivity index (χ3v) is 10.6. The van der Waals surface area contributed by atoms with Crippen molar-refractivity contribution in [3.05, 3.63) is 65.0 Å². The summed E-state index contributed by atoms with van der Waals surface area (Å²) >= 11 is 5.83. The lowest BCUT2D eigenvalue weighted by Crippen LogP contribution is -2.55. The number of hydrogen-bond acceptors (Lipinski definition) is 6. The molecule has 2 amide bonds. The van der Waals surface area contributed by atoms with Crippen LogP contribution in [0.1, 0.15) is 48.6 Å². The highest BCUT2D eigenvalue weighted by atomic mass is 32.1. The highest BCUT2D eigenvalue weighted by Gasteiger charge is 2.61. The maximum Gasteiger partial charge on any atom is 0.417 e. The first-order chi connectivity index (χ1) is 22.0. The van der Waals surface area contributed by atoms with Crippen molar-refractivity contribution in [3.8, 4) is 0 Å². The van der Waals surface area contributed by atoms with E-state index in [2.05, 4.69) is 22.1 Å². The summed E-state index contributed by atoms with van der Waals surface area (Å²) in [6, 6.07) is 10.6. The van der Waals surface area contributed by atoms with E-state index < -0.39 is 23.2 Å². The van der Waals surface area contributed by atoms with Gasteiger partial charge in [-0.2, -0.15) is 13.2 Å².